The zero-order valence-electron chi connectivity index (χ0n) is 19.2. The number of aliphatic imine (C=N–C) groups is 1. The summed E-state index contributed by atoms with van der Waals surface area (Å²) in [5.74, 6) is -0.0485. The highest BCUT2D eigenvalue weighted by molar-refractivity contribution is 6.36. The summed E-state index contributed by atoms with van der Waals surface area (Å²) in [5, 5.41) is 5.26. The van der Waals surface area contributed by atoms with E-state index in [1.807, 2.05) is 4.90 Å². The van der Waals surface area contributed by atoms with Gasteiger partial charge in [0.1, 0.15) is 17.5 Å². The van der Waals surface area contributed by atoms with Crippen molar-refractivity contribution in [2.45, 2.75) is 13.1 Å². The molecular formula is C25H20F4N6O. The van der Waals surface area contributed by atoms with Gasteiger partial charge in [-0.2, -0.15) is 18.2 Å². The maximum Gasteiger partial charge on any atom is 0.416 e. The molecule has 0 atom stereocenters. The van der Waals surface area contributed by atoms with E-state index in [2.05, 4.69) is 25.6 Å². The zero-order valence-corrected chi connectivity index (χ0v) is 19.2. The largest absolute Gasteiger partial charge is 0.416 e. The van der Waals surface area contributed by atoms with Gasteiger partial charge in [-0.25, -0.2) is 9.37 Å². The van der Waals surface area contributed by atoms with Crippen LogP contribution in [0.1, 0.15) is 32.6 Å². The smallest absolute Gasteiger partial charge is 0.357 e. The fourth-order valence-corrected chi connectivity index (χ4v) is 4.26. The number of nitrogens with one attached hydrogen (secondary N) is 2. The van der Waals surface area contributed by atoms with Crippen LogP contribution in [0.5, 0.6) is 0 Å². The molecule has 0 unspecified atom stereocenters. The second-order valence-electron chi connectivity index (χ2n) is 8.29. The van der Waals surface area contributed by atoms with E-state index in [-0.39, 0.29) is 16.8 Å². The Kier molecular flexibility index (Phi) is 5.70. The van der Waals surface area contributed by atoms with E-state index in [0.29, 0.717) is 47.4 Å². The number of carbonyl (C=O) groups excluding carboxylic acids is 1. The Morgan fingerprint density at radius 1 is 1.17 bits per heavy atom. The minimum absolute atomic E-state index is 0.0917. The van der Waals surface area contributed by atoms with Gasteiger partial charge in [-0.15, -0.1) is 0 Å². The lowest BCUT2D eigenvalue weighted by Gasteiger charge is -2.28. The van der Waals surface area contributed by atoms with Gasteiger partial charge in [0, 0.05) is 42.2 Å². The maximum absolute atomic E-state index is 15.9. The molecule has 184 valence electrons. The lowest BCUT2D eigenvalue weighted by Crippen LogP contribution is -2.33. The molecule has 2 aliphatic rings. The van der Waals surface area contributed by atoms with Crippen molar-refractivity contribution >= 4 is 40.8 Å². The van der Waals surface area contributed by atoms with E-state index in [9.17, 15) is 18.0 Å². The highest BCUT2D eigenvalue weighted by atomic mass is 19.4. The van der Waals surface area contributed by atoms with Gasteiger partial charge in [0.2, 0.25) is 5.95 Å². The molecule has 36 heavy (non-hydrogen) atoms. The molecule has 3 heterocycles. The normalized spacial score (nSPS) is 14.6. The van der Waals surface area contributed by atoms with E-state index >= 15 is 4.39 Å². The number of halogens is 4. The van der Waals surface area contributed by atoms with Crippen molar-refractivity contribution in [2.24, 2.45) is 4.99 Å². The number of amidine groups is 1. The van der Waals surface area contributed by atoms with Gasteiger partial charge in [0.15, 0.2) is 0 Å². The summed E-state index contributed by atoms with van der Waals surface area (Å²) in [6.07, 6.45) is -1.21. The third-order valence-electron chi connectivity index (χ3n) is 5.97. The summed E-state index contributed by atoms with van der Waals surface area (Å²) in [5.41, 5.74) is 0.588. The average Bonchev–Trinajstić information content (AvgIpc) is 3.34. The number of anilines is 3. The van der Waals surface area contributed by atoms with Crippen molar-refractivity contribution in [2.75, 3.05) is 35.7 Å². The van der Waals surface area contributed by atoms with Gasteiger partial charge in [-0.05, 0) is 42.8 Å². The van der Waals surface area contributed by atoms with Gasteiger partial charge in [-0.1, -0.05) is 12.1 Å². The van der Waals surface area contributed by atoms with Crippen LogP contribution in [0.25, 0.3) is 11.6 Å². The third kappa shape index (κ3) is 4.06. The fraction of sp³-hybridized carbons (Fsp3) is 0.200. The Morgan fingerprint density at radius 3 is 2.72 bits per heavy atom. The number of alkyl halides is 3. The summed E-state index contributed by atoms with van der Waals surface area (Å²) in [4.78, 5) is 28.1. The van der Waals surface area contributed by atoms with Crippen molar-refractivity contribution in [1.82, 2.24) is 9.97 Å². The lowest BCUT2D eigenvalue weighted by atomic mass is 9.92. The molecule has 2 aliphatic heterocycles. The van der Waals surface area contributed by atoms with Crippen LogP contribution < -0.4 is 15.5 Å². The SMILES string of the molecule is CNc1ncc2c(n1)N1CCN=C1C(c1c(C)ccc(C(=O)Nc3cccc(C(F)(F)F)c3)c1F)=C2. The number of hydrogen-bond acceptors (Lipinski definition) is 6. The topological polar surface area (TPSA) is 82.5 Å². The first-order valence-corrected chi connectivity index (χ1v) is 11.0. The first kappa shape index (κ1) is 23.5. The van der Waals surface area contributed by atoms with Crippen LogP contribution in [0.3, 0.4) is 0 Å². The quantitative estimate of drug-likeness (QED) is 0.497. The van der Waals surface area contributed by atoms with Crippen LogP contribution in [0.2, 0.25) is 0 Å². The average molecular weight is 496 g/mol. The van der Waals surface area contributed by atoms with Crippen LogP contribution >= 0.6 is 0 Å². The van der Waals surface area contributed by atoms with E-state index < -0.39 is 23.5 Å². The van der Waals surface area contributed by atoms with Gasteiger partial charge in [-0.3, -0.25) is 9.79 Å². The first-order valence-electron chi connectivity index (χ1n) is 11.0. The summed E-state index contributed by atoms with van der Waals surface area (Å²) in [6.45, 7) is 2.75. The number of aryl methyl sites for hydroxylation is 1. The highest BCUT2D eigenvalue weighted by Gasteiger charge is 2.34. The van der Waals surface area contributed by atoms with Crippen molar-refractivity contribution in [3.05, 3.63) is 76.2 Å². The molecule has 1 aromatic heterocycles. The predicted octanol–water partition coefficient (Wildman–Crippen LogP) is 5.01. The molecule has 0 radical (unpaired) electrons. The van der Waals surface area contributed by atoms with E-state index in [1.54, 1.807) is 32.3 Å². The van der Waals surface area contributed by atoms with Crippen LogP contribution in [0.4, 0.5) is 35.0 Å². The molecule has 0 saturated heterocycles. The Labute approximate surface area is 203 Å². The summed E-state index contributed by atoms with van der Waals surface area (Å²) in [7, 11) is 1.71. The van der Waals surface area contributed by atoms with Crippen molar-refractivity contribution in [3.8, 4) is 0 Å². The summed E-state index contributed by atoms with van der Waals surface area (Å²) < 4.78 is 55.0. The van der Waals surface area contributed by atoms with Crippen LogP contribution in [0, 0.1) is 12.7 Å². The number of aromatic nitrogens is 2. The second-order valence-corrected chi connectivity index (χ2v) is 8.29. The number of nitrogens with zero attached hydrogens (tertiary/aromatic N) is 4. The van der Waals surface area contributed by atoms with Crippen LogP contribution in [-0.2, 0) is 6.18 Å². The molecule has 0 saturated carbocycles. The standard InChI is InChI=1S/C25H20F4N6O/c1-13-6-7-17(23(36)33-16-5-3-4-15(11-16)25(27,28)29)20(26)19(13)18-10-14-12-32-24(30-2)34-21(14)35-9-8-31-22(18)35/h3-7,10-12H,8-9H2,1-2H3,(H,33,36)(H,30,32,34). The third-order valence-corrected chi connectivity index (χ3v) is 5.97. The molecule has 0 fully saturated rings. The number of benzene rings is 2. The molecular weight excluding hydrogens is 476 g/mol. The molecule has 2 aromatic carbocycles. The molecule has 5 rings (SSSR count). The van der Waals surface area contributed by atoms with Gasteiger partial charge in [0.25, 0.3) is 5.91 Å². The maximum atomic E-state index is 15.9. The molecule has 3 aromatic rings. The Hall–Kier alpha value is -4.28. The van der Waals surface area contributed by atoms with Crippen LogP contribution in [0.15, 0.2) is 47.6 Å². The number of amides is 1. The summed E-state index contributed by atoms with van der Waals surface area (Å²) in [6, 6.07) is 7.08. The van der Waals surface area contributed by atoms with Gasteiger partial charge in [0.05, 0.1) is 17.7 Å². The van der Waals surface area contributed by atoms with Gasteiger partial charge < -0.3 is 15.5 Å². The monoisotopic (exact) mass is 496 g/mol. The Balaban J connectivity index is 1.55. The Bertz CT molecular complexity index is 1450. The molecule has 1 amide bonds. The molecule has 0 bridgehead atoms. The number of hydrogen-bond donors (Lipinski definition) is 2. The van der Waals surface area contributed by atoms with E-state index in [1.165, 1.54) is 18.2 Å². The number of rotatable bonds is 4. The molecule has 2 N–H and O–H groups in total. The molecule has 11 heteroatoms. The van der Waals surface area contributed by atoms with Crippen LogP contribution in [-0.4, -0.2) is 41.8 Å². The number of fused-ring (bicyclic) bond motifs is 3. The van der Waals surface area contributed by atoms with Crippen molar-refractivity contribution in [3.63, 3.8) is 0 Å². The van der Waals surface area contributed by atoms with Gasteiger partial charge >= 0.3 is 6.18 Å². The fourth-order valence-electron chi connectivity index (χ4n) is 4.26. The summed E-state index contributed by atoms with van der Waals surface area (Å²) >= 11 is 0. The van der Waals surface area contributed by atoms with Crippen molar-refractivity contribution < 1.29 is 22.4 Å². The molecule has 7 nitrogen and oxygen atoms in total. The minimum Gasteiger partial charge on any atom is -0.357 e. The lowest BCUT2D eigenvalue weighted by molar-refractivity contribution is -0.137. The van der Waals surface area contributed by atoms with Crippen molar-refractivity contribution in [1.29, 1.82) is 0 Å². The zero-order chi connectivity index (χ0) is 25.6. The molecule has 0 spiro atoms. The first-order chi connectivity index (χ1) is 17.2. The number of carbonyl (C=O) groups is 1. The highest BCUT2D eigenvalue weighted by Crippen LogP contribution is 2.38. The second kappa shape index (κ2) is 8.74. The molecule has 0 aliphatic carbocycles. The van der Waals surface area contributed by atoms with E-state index in [4.69, 9.17) is 0 Å². The van der Waals surface area contributed by atoms with E-state index in [0.717, 1.165) is 12.1 Å². The predicted molar refractivity (Wildman–Crippen MR) is 130 cm³/mol. The Morgan fingerprint density at radius 2 is 1.97 bits per heavy atom. The minimum atomic E-state index is -4.57.